The average Bonchev–Trinajstić information content (AvgIpc) is 2.88. The molecular weight excluding hydrogens is 340 g/mol. The number of allylic oxidation sites excluding steroid dienone is 1. The van der Waals surface area contributed by atoms with E-state index in [0.29, 0.717) is 33.7 Å². The Kier molecular flexibility index (Phi) is 4.63. The SMILES string of the molecule is C=C(C)C1=C(C(=O)OCC)C=NN2C(c3cc(F)cc(F)c3)=C(C)NC12. The minimum Gasteiger partial charge on any atom is -0.462 e. The lowest BCUT2D eigenvalue weighted by molar-refractivity contribution is -0.137. The summed E-state index contributed by atoms with van der Waals surface area (Å²) >= 11 is 0. The van der Waals surface area contributed by atoms with Gasteiger partial charge in [-0.1, -0.05) is 12.2 Å². The molecule has 0 fully saturated rings. The lowest BCUT2D eigenvalue weighted by atomic mass is 9.98. The Bertz CT molecular complexity index is 867. The highest BCUT2D eigenvalue weighted by molar-refractivity contribution is 6.11. The van der Waals surface area contributed by atoms with Crippen LogP contribution in [0.1, 0.15) is 26.3 Å². The van der Waals surface area contributed by atoms with Gasteiger partial charge in [-0.2, -0.15) is 5.10 Å². The lowest BCUT2D eigenvalue weighted by Crippen LogP contribution is -2.40. The van der Waals surface area contributed by atoms with Gasteiger partial charge < -0.3 is 10.1 Å². The number of hydrogen-bond donors (Lipinski definition) is 1. The van der Waals surface area contributed by atoms with Crippen LogP contribution < -0.4 is 5.32 Å². The molecule has 0 aromatic heterocycles. The molecule has 136 valence electrons. The van der Waals surface area contributed by atoms with Crippen LogP contribution in [0, 0.1) is 11.6 Å². The van der Waals surface area contributed by atoms with E-state index in [2.05, 4.69) is 17.0 Å². The fraction of sp³-hybridized carbons (Fsp3) is 0.263. The van der Waals surface area contributed by atoms with Crippen molar-refractivity contribution in [2.45, 2.75) is 26.9 Å². The van der Waals surface area contributed by atoms with Gasteiger partial charge in [-0.3, -0.25) is 0 Å². The van der Waals surface area contributed by atoms with E-state index in [0.717, 1.165) is 6.07 Å². The van der Waals surface area contributed by atoms with Crippen molar-refractivity contribution in [1.29, 1.82) is 0 Å². The van der Waals surface area contributed by atoms with Crippen LogP contribution in [0.4, 0.5) is 8.78 Å². The zero-order chi connectivity index (χ0) is 19.0. The number of carbonyl (C=O) groups is 1. The molecule has 1 aromatic rings. The highest BCUT2D eigenvalue weighted by Gasteiger charge is 2.38. The van der Waals surface area contributed by atoms with E-state index in [-0.39, 0.29) is 6.61 Å². The van der Waals surface area contributed by atoms with Gasteiger partial charge in [-0.25, -0.2) is 18.6 Å². The molecule has 1 aromatic carbocycles. The second-order valence-corrected chi connectivity index (χ2v) is 6.10. The zero-order valence-corrected chi connectivity index (χ0v) is 14.8. The highest BCUT2D eigenvalue weighted by Crippen LogP contribution is 2.37. The fourth-order valence-electron chi connectivity index (χ4n) is 3.17. The largest absolute Gasteiger partial charge is 0.462 e. The summed E-state index contributed by atoms with van der Waals surface area (Å²) in [6, 6.07) is 3.30. The van der Waals surface area contributed by atoms with Crippen molar-refractivity contribution in [1.82, 2.24) is 10.3 Å². The number of benzene rings is 1. The predicted molar refractivity (Wildman–Crippen MR) is 94.7 cm³/mol. The summed E-state index contributed by atoms with van der Waals surface area (Å²) in [5, 5.41) is 9.14. The monoisotopic (exact) mass is 359 g/mol. The normalized spacial score (nSPS) is 18.8. The van der Waals surface area contributed by atoms with Gasteiger partial charge in [-0.05, 0) is 32.9 Å². The van der Waals surface area contributed by atoms with Crippen molar-refractivity contribution in [3.63, 3.8) is 0 Å². The number of ether oxygens (including phenoxy) is 1. The molecule has 2 heterocycles. The van der Waals surface area contributed by atoms with Crippen molar-refractivity contribution in [2.24, 2.45) is 5.10 Å². The van der Waals surface area contributed by atoms with E-state index >= 15 is 0 Å². The first-order valence-electron chi connectivity index (χ1n) is 8.17. The minimum atomic E-state index is -0.674. The maximum Gasteiger partial charge on any atom is 0.340 e. The Morgan fingerprint density at radius 1 is 1.35 bits per heavy atom. The number of nitrogens with one attached hydrogen (secondary N) is 1. The van der Waals surface area contributed by atoms with Crippen LogP contribution in [0.2, 0.25) is 0 Å². The van der Waals surface area contributed by atoms with E-state index in [1.807, 2.05) is 0 Å². The van der Waals surface area contributed by atoms with Crippen LogP contribution in [0.3, 0.4) is 0 Å². The highest BCUT2D eigenvalue weighted by atomic mass is 19.1. The van der Waals surface area contributed by atoms with Gasteiger partial charge in [0.2, 0.25) is 0 Å². The van der Waals surface area contributed by atoms with Crippen LogP contribution in [0.25, 0.3) is 5.70 Å². The fourth-order valence-corrected chi connectivity index (χ4v) is 3.17. The van der Waals surface area contributed by atoms with Gasteiger partial charge in [0.15, 0.2) is 0 Å². The molecule has 0 radical (unpaired) electrons. The van der Waals surface area contributed by atoms with Gasteiger partial charge in [-0.15, -0.1) is 0 Å². The molecule has 0 amide bonds. The Balaban J connectivity index is 2.05. The van der Waals surface area contributed by atoms with Crippen LogP contribution in [-0.2, 0) is 9.53 Å². The van der Waals surface area contributed by atoms with E-state index in [9.17, 15) is 13.6 Å². The number of hydrazone groups is 1. The second kappa shape index (κ2) is 6.74. The molecule has 0 aliphatic carbocycles. The van der Waals surface area contributed by atoms with Crippen molar-refractivity contribution in [3.05, 3.63) is 64.4 Å². The van der Waals surface area contributed by atoms with E-state index in [1.165, 1.54) is 18.3 Å². The van der Waals surface area contributed by atoms with Crippen molar-refractivity contribution in [3.8, 4) is 0 Å². The number of halogens is 2. The minimum absolute atomic E-state index is 0.243. The number of rotatable bonds is 4. The molecule has 5 nitrogen and oxygen atoms in total. The first-order valence-corrected chi connectivity index (χ1v) is 8.17. The first kappa shape index (κ1) is 17.8. The molecule has 0 bridgehead atoms. The quantitative estimate of drug-likeness (QED) is 0.838. The third-order valence-electron chi connectivity index (χ3n) is 4.15. The number of hydrogen-bond acceptors (Lipinski definition) is 5. The molecule has 0 spiro atoms. The summed E-state index contributed by atoms with van der Waals surface area (Å²) in [6.07, 6.45) is 0.896. The topological polar surface area (TPSA) is 53.9 Å². The predicted octanol–water partition coefficient (Wildman–Crippen LogP) is 3.32. The Labute approximate surface area is 150 Å². The standard InChI is InChI=1S/C19H19F2N3O2/c1-5-26-19(25)15-9-22-24-17(12-6-13(20)8-14(21)7-12)11(4)23-18(24)16(15)10(2)3/h6-9,18,23H,2,5H2,1,3-4H3. The third kappa shape index (κ3) is 3.00. The molecule has 2 aliphatic rings. The Morgan fingerprint density at radius 2 is 2.00 bits per heavy atom. The molecule has 3 rings (SSSR count). The summed E-state index contributed by atoms with van der Waals surface area (Å²) in [6.45, 7) is 9.48. The lowest BCUT2D eigenvalue weighted by Gasteiger charge is -2.31. The molecule has 1 unspecified atom stereocenters. The van der Waals surface area contributed by atoms with Gasteiger partial charge in [0, 0.05) is 22.9 Å². The molecule has 1 N–H and O–H groups in total. The van der Waals surface area contributed by atoms with Crippen molar-refractivity contribution in [2.75, 3.05) is 6.61 Å². The summed E-state index contributed by atoms with van der Waals surface area (Å²) < 4.78 is 32.4. The smallest absolute Gasteiger partial charge is 0.340 e. The van der Waals surface area contributed by atoms with Crippen LogP contribution in [0.15, 0.2) is 52.3 Å². The van der Waals surface area contributed by atoms with E-state index in [4.69, 9.17) is 4.74 Å². The molecule has 0 saturated carbocycles. The zero-order valence-electron chi connectivity index (χ0n) is 14.8. The van der Waals surface area contributed by atoms with E-state index in [1.54, 1.807) is 25.8 Å². The van der Waals surface area contributed by atoms with Crippen LogP contribution in [-0.4, -0.2) is 30.0 Å². The average molecular weight is 359 g/mol. The number of nitrogens with zero attached hydrogens (tertiary/aromatic N) is 2. The van der Waals surface area contributed by atoms with Crippen molar-refractivity contribution < 1.29 is 18.3 Å². The summed E-state index contributed by atoms with van der Waals surface area (Å²) in [5.74, 6) is -1.83. The molecule has 1 atom stereocenters. The first-order chi connectivity index (χ1) is 12.3. The van der Waals surface area contributed by atoms with Crippen LogP contribution >= 0.6 is 0 Å². The Morgan fingerprint density at radius 3 is 2.58 bits per heavy atom. The third-order valence-corrected chi connectivity index (χ3v) is 4.15. The molecule has 0 saturated heterocycles. The van der Waals surface area contributed by atoms with E-state index < -0.39 is 23.8 Å². The summed E-state index contributed by atoms with van der Waals surface area (Å²) in [5.41, 5.74) is 3.18. The van der Waals surface area contributed by atoms with Crippen LogP contribution in [0.5, 0.6) is 0 Å². The summed E-state index contributed by atoms with van der Waals surface area (Å²) in [4.78, 5) is 12.3. The molecule has 26 heavy (non-hydrogen) atoms. The Hall–Kier alpha value is -2.96. The van der Waals surface area contributed by atoms with Gasteiger partial charge in [0.1, 0.15) is 17.8 Å². The van der Waals surface area contributed by atoms with Crippen molar-refractivity contribution >= 4 is 17.9 Å². The molecular formula is C19H19F2N3O2. The van der Waals surface area contributed by atoms with Gasteiger partial charge in [0.25, 0.3) is 0 Å². The molecule has 7 heteroatoms. The number of esters is 1. The second-order valence-electron chi connectivity index (χ2n) is 6.10. The maximum atomic E-state index is 13.7. The van der Waals surface area contributed by atoms with Gasteiger partial charge in [0.05, 0.1) is 24.1 Å². The number of fused-ring (bicyclic) bond motifs is 1. The number of carbonyl (C=O) groups excluding carboxylic acids is 1. The summed E-state index contributed by atoms with van der Waals surface area (Å²) in [7, 11) is 0. The molecule has 2 aliphatic heterocycles. The van der Waals surface area contributed by atoms with Gasteiger partial charge >= 0.3 is 5.97 Å². The maximum absolute atomic E-state index is 13.7.